The summed E-state index contributed by atoms with van der Waals surface area (Å²) < 4.78 is 41.7. The minimum absolute atomic E-state index is 0.0154. The molecule has 1 saturated heterocycles. The number of hydrogen-bond acceptors (Lipinski definition) is 8. The van der Waals surface area contributed by atoms with Crippen LogP contribution in [0.1, 0.15) is 15.9 Å². The molecule has 0 saturated carbocycles. The van der Waals surface area contributed by atoms with Gasteiger partial charge in [0, 0.05) is 26.7 Å². The van der Waals surface area contributed by atoms with Gasteiger partial charge in [-0.25, -0.2) is 18.0 Å². The molecule has 166 valence electrons. The Hall–Kier alpha value is -2.54. The molecule has 0 aliphatic carbocycles. The van der Waals surface area contributed by atoms with Crippen LogP contribution < -0.4 is 10.6 Å². The number of nitrogens with zero attached hydrogens (tertiary/aromatic N) is 1. The van der Waals surface area contributed by atoms with Crippen molar-refractivity contribution in [3.63, 3.8) is 0 Å². The summed E-state index contributed by atoms with van der Waals surface area (Å²) in [5, 5.41) is 4.38. The molecule has 30 heavy (non-hydrogen) atoms. The number of imide groups is 1. The van der Waals surface area contributed by atoms with Crippen LogP contribution in [0.3, 0.4) is 0 Å². The molecule has 0 aromatic heterocycles. The summed E-state index contributed by atoms with van der Waals surface area (Å²) in [6.07, 6.45) is 0. The number of rotatable bonds is 8. The maximum Gasteiger partial charge on any atom is 0.338 e. The molecule has 0 bridgehead atoms. The lowest BCUT2D eigenvalue weighted by atomic mass is 10.1. The Morgan fingerprint density at radius 1 is 1.20 bits per heavy atom. The summed E-state index contributed by atoms with van der Waals surface area (Å²) >= 11 is 0. The fourth-order valence-corrected chi connectivity index (χ4v) is 4.03. The van der Waals surface area contributed by atoms with E-state index in [9.17, 15) is 22.8 Å². The molecule has 0 radical (unpaired) electrons. The highest BCUT2D eigenvalue weighted by Gasteiger charge is 2.27. The normalized spacial score (nSPS) is 14.7. The average Bonchev–Trinajstić information content (AvgIpc) is 2.73. The van der Waals surface area contributed by atoms with E-state index in [2.05, 4.69) is 5.32 Å². The quantitative estimate of drug-likeness (QED) is 0.410. The second-order valence-corrected chi connectivity index (χ2v) is 8.30. The number of carbonyl (C=O) groups is 3. The zero-order chi connectivity index (χ0) is 22.1. The number of urea groups is 1. The molecular weight excluding hydrogens is 418 g/mol. The number of carbonyl (C=O) groups excluding carboxylic acids is 3. The zero-order valence-corrected chi connectivity index (χ0v) is 17.6. The minimum atomic E-state index is -3.79. The monoisotopic (exact) mass is 443 g/mol. The molecule has 0 unspecified atom stereocenters. The van der Waals surface area contributed by atoms with Crippen LogP contribution in [0.2, 0.25) is 0 Å². The van der Waals surface area contributed by atoms with Crippen LogP contribution in [0.15, 0.2) is 23.1 Å². The van der Waals surface area contributed by atoms with E-state index < -0.39 is 34.5 Å². The summed E-state index contributed by atoms with van der Waals surface area (Å²) in [4.78, 5) is 35.6. The van der Waals surface area contributed by atoms with Crippen molar-refractivity contribution >= 4 is 27.9 Å². The van der Waals surface area contributed by atoms with Crippen LogP contribution in [0.25, 0.3) is 0 Å². The molecule has 1 aliphatic rings. The summed E-state index contributed by atoms with van der Waals surface area (Å²) in [6.45, 7) is 2.45. The van der Waals surface area contributed by atoms with Crippen molar-refractivity contribution in [2.75, 3.05) is 53.2 Å². The number of benzene rings is 1. The molecule has 2 N–H and O–H groups in total. The molecular formula is C18H25N3O8S. The van der Waals surface area contributed by atoms with Gasteiger partial charge in [-0.3, -0.25) is 10.1 Å². The van der Waals surface area contributed by atoms with Gasteiger partial charge >= 0.3 is 12.0 Å². The van der Waals surface area contributed by atoms with Crippen molar-refractivity contribution in [2.24, 2.45) is 0 Å². The van der Waals surface area contributed by atoms with Gasteiger partial charge in [-0.15, -0.1) is 0 Å². The lowest BCUT2D eigenvalue weighted by Crippen LogP contribution is -2.42. The number of aryl methyl sites for hydroxylation is 1. The number of amides is 3. The van der Waals surface area contributed by atoms with Crippen LogP contribution in [0.4, 0.5) is 4.79 Å². The third-order valence-corrected chi connectivity index (χ3v) is 6.11. The fourth-order valence-electron chi connectivity index (χ4n) is 2.60. The number of sulfonamides is 1. The maximum absolute atomic E-state index is 12.8. The van der Waals surface area contributed by atoms with E-state index in [0.29, 0.717) is 18.8 Å². The third-order valence-electron chi connectivity index (χ3n) is 4.22. The maximum atomic E-state index is 12.8. The Balaban J connectivity index is 1.99. The van der Waals surface area contributed by atoms with Gasteiger partial charge in [0.15, 0.2) is 6.61 Å². The van der Waals surface area contributed by atoms with E-state index in [1.807, 2.05) is 5.32 Å². The number of ether oxygens (including phenoxy) is 3. The van der Waals surface area contributed by atoms with Crippen LogP contribution in [-0.2, 0) is 29.0 Å². The first-order valence-corrected chi connectivity index (χ1v) is 10.6. The first-order chi connectivity index (χ1) is 14.3. The first kappa shape index (κ1) is 23.7. The highest BCUT2D eigenvalue weighted by atomic mass is 32.2. The molecule has 1 aromatic carbocycles. The summed E-state index contributed by atoms with van der Waals surface area (Å²) in [5.41, 5.74) is 0.500. The SMILES string of the molecule is COCCNC(=O)NC(=O)COC(=O)c1cc(S(=O)(=O)N2CCOCC2)ccc1C. The zero-order valence-electron chi connectivity index (χ0n) is 16.8. The molecule has 11 nitrogen and oxygen atoms in total. The molecule has 0 atom stereocenters. The fraction of sp³-hybridized carbons (Fsp3) is 0.500. The largest absolute Gasteiger partial charge is 0.452 e. The number of morpholine rings is 1. The number of nitrogens with one attached hydrogen (secondary N) is 2. The summed E-state index contributed by atoms with van der Waals surface area (Å²) in [5.74, 6) is -1.70. The van der Waals surface area contributed by atoms with Gasteiger partial charge in [-0.1, -0.05) is 6.07 Å². The molecule has 12 heteroatoms. The van der Waals surface area contributed by atoms with E-state index in [1.54, 1.807) is 6.92 Å². The van der Waals surface area contributed by atoms with E-state index in [1.165, 1.54) is 29.6 Å². The lowest BCUT2D eigenvalue weighted by molar-refractivity contribution is -0.123. The van der Waals surface area contributed by atoms with Gasteiger partial charge < -0.3 is 19.5 Å². The second kappa shape index (κ2) is 11.0. The lowest BCUT2D eigenvalue weighted by Gasteiger charge is -2.26. The number of methoxy groups -OCH3 is 1. The molecule has 1 fully saturated rings. The average molecular weight is 443 g/mol. The first-order valence-electron chi connectivity index (χ1n) is 9.18. The van der Waals surface area contributed by atoms with E-state index in [0.717, 1.165) is 0 Å². The van der Waals surface area contributed by atoms with Crippen LogP contribution in [0.5, 0.6) is 0 Å². The molecule has 1 aliphatic heterocycles. The number of esters is 1. The Morgan fingerprint density at radius 3 is 2.57 bits per heavy atom. The Bertz CT molecular complexity index is 881. The highest BCUT2D eigenvalue weighted by Crippen LogP contribution is 2.21. The van der Waals surface area contributed by atoms with Crippen molar-refractivity contribution in [2.45, 2.75) is 11.8 Å². The second-order valence-electron chi connectivity index (χ2n) is 6.37. The van der Waals surface area contributed by atoms with Crippen molar-refractivity contribution in [3.05, 3.63) is 29.3 Å². The topological polar surface area (TPSA) is 140 Å². The molecule has 0 spiro atoms. The predicted octanol–water partition coefficient (Wildman–Crippen LogP) is -0.355. The standard InChI is InChI=1S/C18H25N3O8S/c1-13-3-4-14(30(25,26)21-6-9-28-10-7-21)11-15(13)17(23)29-12-16(22)20-18(24)19-5-8-27-2/h3-4,11H,5-10,12H2,1-2H3,(H2,19,20,22,24). The van der Waals surface area contributed by atoms with Crippen LogP contribution in [-0.4, -0.2) is 83.8 Å². The third kappa shape index (κ3) is 6.49. The molecule has 3 amide bonds. The summed E-state index contributed by atoms with van der Waals surface area (Å²) in [6, 6.07) is 3.38. The van der Waals surface area contributed by atoms with E-state index in [4.69, 9.17) is 14.2 Å². The summed E-state index contributed by atoms with van der Waals surface area (Å²) in [7, 11) is -2.32. The van der Waals surface area contributed by atoms with Crippen LogP contribution >= 0.6 is 0 Å². The molecule has 1 heterocycles. The van der Waals surface area contributed by atoms with Gasteiger partial charge in [0.1, 0.15) is 0 Å². The Labute approximate surface area is 174 Å². The predicted molar refractivity (Wildman–Crippen MR) is 104 cm³/mol. The van der Waals surface area contributed by atoms with Crippen molar-refractivity contribution in [1.29, 1.82) is 0 Å². The van der Waals surface area contributed by atoms with Gasteiger partial charge in [-0.2, -0.15) is 4.31 Å². The van der Waals surface area contributed by atoms with Gasteiger partial charge in [-0.05, 0) is 24.6 Å². The van der Waals surface area contributed by atoms with Crippen molar-refractivity contribution < 1.29 is 37.0 Å². The molecule has 2 rings (SSSR count). The van der Waals surface area contributed by atoms with Gasteiger partial charge in [0.25, 0.3) is 5.91 Å². The van der Waals surface area contributed by atoms with Gasteiger partial charge in [0.05, 0.1) is 30.3 Å². The van der Waals surface area contributed by atoms with Crippen molar-refractivity contribution in [1.82, 2.24) is 14.9 Å². The van der Waals surface area contributed by atoms with Crippen molar-refractivity contribution in [3.8, 4) is 0 Å². The van der Waals surface area contributed by atoms with E-state index in [-0.39, 0.29) is 36.7 Å². The van der Waals surface area contributed by atoms with E-state index >= 15 is 0 Å². The Kier molecular flexibility index (Phi) is 8.72. The van der Waals surface area contributed by atoms with Gasteiger partial charge in [0.2, 0.25) is 10.0 Å². The smallest absolute Gasteiger partial charge is 0.338 e. The Morgan fingerprint density at radius 2 is 1.90 bits per heavy atom. The number of hydrogen-bond donors (Lipinski definition) is 2. The highest BCUT2D eigenvalue weighted by molar-refractivity contribution is 7.89. The van der Waals surface area contributed by atoms with Crippen LogP contribution in [0, 0.1) is 6.92 Å². The minimum Gasteiger partial charge on any atom is -0.452 e. The molecule has 1 aromatic rings.